The fourth-order valence-electron chi connectivity index (χ4n) is 2.08. The standard InChI is InChI=1S/C10H14F3N3/c1-16-6-8(10(11,12)13)15-9(16)7-2-4-14-5-3-7/h6-7,14H,2-5H2,1H3. The molecule has 2 rings (SSSR count). The Morgan fingerprint density at radius 3 is 2.50 bits per heavy atom. The number of nitrogens with one attached hydrogen (secondary N) is 1. The van der Waals surface area contributed by atoms with Crippen LogP contribution in [0.2, 0.25) is 0 Å². The number of hydrogen-bond donors (Lipinski definition) is 1. The lowest BCUT2D eigenvalue weighted by Crippen LogP contribution is -2.27. The third-order valence-electron chi connectivity index (χ3n) is 2.91. The first-order valence-corrected chi connectivity index (χ1v) is 5.29. The monoisotopic (exact) mass is 233 g/mol. The van der Waals surface area contributed by atoms with Crippen LogP contribution < -0.4 is 5.32 Å². The molecule has 1 aromatic rings. The van der Waals surface area contributed by atoms with Gasteiger partial charge in [-0.1, -0.05) is 0 Å². The predicted molar refractivity (Wildman–Crippen MR) is 53.1 cm³/mol. The number of aryl methyl sites for hydroxylation is 1. The van der Waals surface area contributed by atoms with Gasteiger partial charge in [-0.2, -0.15) is 13.2 Å². The molecule has 1 aliphatic rings. The van der Waals surface area contributed by atoms with E-state index in [0.29, 0.717) is 5.82 Å². The maximum absolute atomic E-state index is 12.5. The molecule has 0 aromatic carbocycles. The fraction of sp³-hybridized carbons (Fsp3) is 0.700. The zero-order valence-electron chi connectivity index (χ0n) is 9.01. The van der Waals surface area contributed by atoms with Crippen LogP contribution in [0.25, 0.3) is 0 Å². The summed E-state index contributed by atoms with van der Waals surface area (Å²) in [6, 6.07) is 0. The SMILES string of the molecule is Cn1cc(C(F)(F)F)nc1C1CCNCC1. The molecule has 0 saturated carbocycles. The number of rotatable bonds is 1. The number of imidazole rings is 1. The Labute approximate surface area is 91.7 Å². The van der Waals surface area contributed by atoms with Gasteiger partial charge in [0.25, 0.3) is 0 Å². The van der Waals surface area contributed by atoms with Crippen molar-refractivity contribution in [2.45, 2.75) is 24.9 Å². The van der Waals surface area contributed by atoms with E-state index in [2.05, 4.69) is 10.3 Å². The lowest BCUT2D eigenvalue weighted by molar-refractivity contribution is -0.141. The van der Waals surface area contributed by atoms with Gasteiger partial charge in [-0.3, -0.25) is 0 Å². The average Bonchev–Trinajstić information content (AvgIpc) is 2.61. The van der Waals surface area contributed by atoms with E-state index < -0.39 is 11.9 Å². The second-order valence-corrected chi connectivity index (χ2v) is 4.12. The van der Waals surface area contributed by atoms with E-state index in [-0.39, 0.29) is 5.92 Å². The quantitative estimate of drug-likeness (QED) is 0.803. The molecule has 1 aliphatic heterocycles. The summed E-state index contributed by atoms with van der Waals surface area (Å²) in [5, 5.41) is 3.18. The molecule has 1 N–H and O–H groups in total. The van der Waals surface area contributed by atoms with Crippen molar-refractivity contribution in [2.24, 2.45) is 7.05 Å². The number of halogens is 3. The van der Waals surface area contributed by atoms with Crippen LogP contribution in [0, 0.1) is 0 Å². The van der Waals surface area contributed by atoms with Gasteiger partial charge >= 0.3 is 6.18 Å². The highest BCUT2D eigenvalue weighted by Crippen LogP contribution is 2.31. The first-order valence-electron chi connectivity index (χ1n) is 5.29. The van der Waals surface area contributed by atoms with E-state index in [9.17, 15) is 13.2 Å². The summed E-state index contributed by atoms with van der Waals surface area (Å²) in [6.45, 7) is 1.69. The normalized spacial score (nSPS) is 19.0. The largest absolute Gasteiger partial charge is 0.434 e. The summed E-state index contributed by atoms with van der Waals surface area (Å²) < 4.78 is 38.9. The predicted octanol–water partition coefficient (Wildman–Crippen LogP) is 1.91. The first-order chi connectivity index (χ1) is 7.48. The molecule has 0 unspecified atom stereocenters. The zero-order valence-corrected chi connectivity index (χ0v) is 9.01. The second-order valence-electron chi connectivity index (χ2n) is 4.12. The van der Waals surface area contributed by atoms with Gasteiger partial charge in [-0.25, -0.2) is 4.98 Å². The van der Waals surface area contributed by atoms with E-state index in [4.69, 9.17) is 0 Å². The Bertz CT molecular complexity index is 364. The third kappa shape index (κ3) is 2.21. The smallest absolute Gasteiger partial charge is 0.337 e. The fourth-order valence-corrected chi connectivity index (χ4v) is 2.08. The van der Waals surface area contributed by atoms with Gasteiger partial charge in [0, 0.05) is 19.2 Å². The minimum Gasteiger partial charge on any atom is -0.337 e. The van der Waals surface area contributed by atoms with E-state index in [1.165, 1.54) is 4.57 Å². The second kappa shape index (κ2) is 4.08. The molecule has 0 aliphatic carbocycles. The highest BCUT2D eigenvalue weighted by molar-refractivity contribution is 5.11. The summed E-state index contributed by atoms with van der Waals surface area (Å²) in [7, 11) is 1.62. The van der Waals surface area contributed by atoms with Crippen molar-refractivity contribution >= 4 is 0 Å². The van der Waals surface area contributed by atoms with E-state index in [1.54, 1.807) is 7.05 Å². The van der Waals surface area contributed by atoms with Crippen molar-refractivity contribution in [2.75, 3.05) is 13.1 Å². The summed E-state index contributed by atoms with van der Waals surface area (Å²) in [4.78, 5) is 3.71. The van der Waals surface area contributed by atoms with Gasteiger partial charge < -0.3 is 9.88 Å². The highest BCUT2D eigenvalue weighted by atomic mass is 19.4. The maximum atomic E-state index is 12.5. The van der Waals surface area contributed by atoms with Crippen molar-refractivity contribution in [3.8, 4) is 0 Å². The molecule has 3 nitrogen and oxygen atoms in total. The van der Waals surface area contributed by atoms with Crippen molar-refractivity contribution in [1.29, 1.82) is 0 Å². The molecular weight excluding hydrogens is 219 g/mol. The van der Waals surface area contributed by atoms with Crippen LogP contribution in [0.3, 0.4) is 0 Å². The Kier molecular flexibility index (Phi) is 2.92. The Hall–Kier alpha value is -1.04. The maximum Gasteiger partial charge on any atom is 0.434 e. The van der Waals surface area contributed by atoms with Crippen LogP contribution in [0.4, 0.5) is 13.2 Å². The van der Waals surface area contributed by atoms with E-state index in [1.807, 2.05) is 0 Å². The Morgan fingerprint density at radius 1 is 1.38 bits per heavy atom. The van der Waals surface area contributed by atoms with Crippen LogP contribution in [-0.4, -0.2) is 22.6 Å². The molecule has 1 fully saturated rings. The molecular formula is C10H14F3N3. The van der Waals surface area contributed by atoms with Gasteiger partial charge in [0.05, 0.1) is 0 Å². The van der Waals surface area contributed by atoms with Crippen molar-refractivity contribution in [3.63, 3.8) is 0 Å². The number of piperidine rings is 1. The van der Waals surface area contributed by atoms with E-state index in [0.717, 1.165) is 32.1 Å². The molecule has 1 aromatic heterocycles. The Balaban J connectivity index is 2.24. The lowest BCUT2D eigenvalue weighted by atomic mass is 9.97. The molecule has 0 bridgehead atoms. The van der Waals surface area contributed by atoms with Gasteiger partial charge in [0.15, 0.2) is 5.69 Å². The van der Waals surface area contributed by atoms with Gasteiger partial charge in [-0.05, 0) is 25.9 Å². The number of nitrogens with zero attached hydrogens (tertiary/aromatic N) is 2. The number of alkyl halides is 3. The number of hydrogen-bond acceptors (Lipinski definition) is 2. The van der Waals surface area contributed by atoms with Gasteiger partial charge in [0.1, 0.15) is 5.82 Å². The molecule has 16 heavy (non-hydrogen) atoms. The molecule has 0 radical (unpaired) electrons. The van der Waals surface area contributed by atoms with Gasteiger partial charge in [-0.15, -0.1) is 0 Å². The molecule has 1 saturated heterocycles. The van der Waals surface area contributed by atoms with Crippen LogP contribution in [-0.2, 0) is 13.2 Å². The van der Waals surface area contributed by atoms with Crippen molar-refractivity contribution in [1.82, 2.24) is 14.9 Å². The number of aromatic nitrogens is 2. The highest BCUT2D eigenvalue weighted by Gasteiger charge is 2.35. The first kappa shape index (κ1) is 11.4. The van der Waals surface area contributed by atoms with Crippen LogP contribution in [0.15, 0.2) is 6.20 Å². The summed E-state index contributed by atoms with van der Waals surface area (Å²) in [5.41, 5.74) is -0.788. The Morgan fingerprint density at radius 2 is 2.00 bits per heavy atom. The zero-order chi connectivity index (χ0) is 11.8. The van der Waals surface area contributed by atoms with E-state index >= 15 is 0 Å². The molecule has 0 spiro atoms. The van der Waals surface area contributed by atoms with Crippen LogP contribution >= 0.6 is 0 Å². The molecule has 90 valence electrons. The van der Waals surface area contributed by atoms with Crippen LogP contribution in [0.5, 0.6) is 0 Å². The molecule has 2 heterocycles. The van der Waals surface area contributed by atoms with Gasteiger partial charge in [0.2, 0.25) is 0 Å². The topological polar surface area (TPSA) is 29.9 Å². The van der Waals surface area contributed by atoms with Crippen molar-refractivity contribution < 1.29 is 13.2 Å². The van der Waals surface area contributed by atoms with Crippen molar-refractivity contribution in [3.05, 3.63) is 17.7 Å². The minimum atomic E-state index is -4.34. The molecule has 0 amide bonds. The lowest BCUT2D eigenvalue weighted by Gasteiger charge is -2.21. The molecule has 0 atom stereocenters. The summed E-state index contributed by atoms with van der Waals surface area (Å²) in [5.74, 6) is 0.691. The third-order valence-corrected chi connectivity index (χ3v) is 2.91. The summed E-state index contributed by atoms with van der Waals surface area (Å²) in [6.07, 6.45) is -1.58. The minimum absolute atomic E-state index is 0.141. The molecule has 6 heteroatoms. The summed E-state index contributed by atoms with van der Waals surface area (Å²) >= 11 is 0. The average molecular weight is 233 g/mol. The van der Waals surface area contributed by atoms with Crippen LogP contribution in [0.1, 0.15) is 30.3 Å².